The highest BCUT2D eigenvalue weighted by Crippen LogP contribution is 2.20. The first-order valence-corrected chi connectivity index (χ1v) is 9.79. The van der Waals surface area contributed by atoms with E-state index in [1.807, 2.05) is 24.3 Å². The van der Waals surface area contributed by atoms with Crippen LogP contribution in [-0.2, 0) is 13.2 Å². The molecule has 5 nitrogen and oxygen atoms in total. The lowest BCUT2D eigenvalue weighted by Crippen LogP contribution is -2.24. The minimum absolute atomic E-state index is 0.00805. The average molecular weight is 380 g/mol. The number of nitrogens with one attached hydrogen (secondary N) is 2. The summed E-state index contributed by atoms with van der Waals surface area (Å²) in [7, 11) is 0. The molecule has 1 fully saturated rings. The molecule has 28 heavy (non-hydrogen) atoms. The molecule has 0 amide bonds. The highest BCUT2D eigenvalue weighted by Gasteiger charge is 2.13. The predicted molar refractivity (Wildman–Crippen MR) is 114 cm³/mol. The Kier molecular flexibility index (Phi) is 7.79. The fourth-order valence-electron chi connectivity index (χ4n) is 3.31. The van der Waals surface area contributed by atoms with Gasteiger partial charge in [-0.1, -0.05) is 30.9 Å². The number of hydrogen-bond donors (Lipinski definition) is 3. The van der Waals surface area contributed by atoms with Crippen LogP contribution in [0, 0.1) is 5.92 Å². The van der Waals surface area contributed by atoms with Gasteiger partial charge in [-0.25, -0.2) is 0 Å². The van der Waals surface area contributed by atoms with Crippen molar-refractivity contribution < 1.29 is 9.84 Å². The lowest BCUT2D eigenvalue weighted by molar-refractivity contribution is 0.281. The molecule has 0 radical (unpaired) electrons. The summed E-state index contributed by atoms with van der Waals surface area (Å²) in [5, 5.41) is 16.2. The number of aliphatic hydroxyl groups is 1. The molecular formula is C23H29N3O2. The lowest BCUT2D eigenvalue weighted by Gasteiger charge is -2.12. The van der Waals surface area contributed by atoms with E-state index in [1.54, 1.807) is 18.5 Å². The van der Waals surface area contributed by atoms with Crippen LogP contribution in [-0.4, -0.2) is 36.3 Å². The van der Waals surface area contributed by atoms with E-state index in [-0.39, 0.29) is 6.61 Å². The van der Waals surface area contributed by atoms with E-state index < -0.39 is 0 Å². The lowest BCUT2D eigenvalue weighted by atomic mass is 10.1. The molecular weight excluding hydrogens is 350 g/mol. The second-order valence-electron chi connectivity index (χ2n) is 7.12. The number of nitrogens with zero attached hydrogens (tertiary/aromatic N) is 1. The number of ether oxygens (including phenoxy) is 1. The van der Waals surface area contributed by atoms with Crippen LogP contribution in [0.15, 0.2) is 49.3 Å². The summed E-state index contributed by atoms with van der Waals surface area (Å²) < 4.78 is 5.77. The first-order chi connectivity index (χ1) is 13.8. The van der Waals surface area contributed by atoms with Gasteiger partial charge in [0.1, 0.15) is 12.4 Å². The average Bonchev–Trinajstić information content (AvgIpc) is 3.24. The van der Waals surface area contributed by atoms with Crippen molar-refractivity contribution in [1.29, 1.82) is 0 Å². The van der Waals surface area contributed by atoms with Crippen LogP contribution in [0.4, 0.5) is 0 Å². The zero-order valence-corrected chi connectivity index (χ0v) is 16.2. The van der Waals surface area contributed by atoms with Crippen molar-refractivity contribution in [1.82, 2.24) is 15.6 Å². The molecule has 0 aliphatic carbocycles. The fourth-order valence-corrected chi connectivity index (χ4v) is 3.31. The van der Waals surface area contributed by atoms with Crippen LogP contribution in [0.2, 0.25) is 0 Å². The van der Waals surface area contributed by atoms with Crippen LogP contribution in [0.25, 0.3) is 12.2 Å². The van der Waals surface area contributed by atoms with Gasteiger partial charge in [0.2, 0.25) is 0 Å². The van der Waals surface area contributed by atoms with Crippen LogP contribution in [0.1, 0.15) is 28.7 Å². The Labute approximate surface area is 167 Å². The molecule has 1 aromatic heterocycles. The van der Waals surface area contributed by atoms with Crippen molar-refractivity contribution in [3.63, 3.8) is 0 Å². The third-order valence-electron chi connectivity index (χ3n) is 4.75. The Morgan fingerprint density at radius 3 is 2.82 bits per heavy atom. The van der Waals surface area contributed by atoms with E-state index in [0.717, 1.165) is 48.6 Å². The van der Waals surface area contributed by atoms with Gasteiger partial charge in [0.05, 0.1) is 6.61 Å². The van der Waals surface area contributed by atoms with Gasteiger partial charge in [-0.05, 0) is 72.4 Å². The monoisotopic (exact) mass is 379 g/mol. The maximum absolute atomic E-state index is 9.26. The summed E-state index contributed by atoms with van der Waals surface area (Å²) in [6.07, 6.45) is 10.5. The van der Waals surface area contributed by atoms with Gasteiger partial charge in [0.25, 0.3) is 0 Å². The maximum atomic E-state index is 9.26. The summed E-state index contributed by atoms with van der Waals surface area (Å²) in [6.45, 7) is 8.25. The SMILES string of the molecule is C=CCOc1cc(/C=C/c2cncc(CO)c2)cc(CNCC2CCNC2)c1. The molecule has 148 valence electrons. The third-order valence-corrected chi connectivity index (χ3v) is 4.75. The molecule has 0 bridgehead atoms. The summed E-state index contributed by atoms with van der Waals surface area (Å²) in [6, 6.07) is 8.20. The maximum Gasteiger partial charge on any atom is 0.120 e. The molecule has 3 N–H and O–H groups in total. The van der Waals surface area contributed by atoms with Gasteiger partial charge in [0.15, 0.2) is 0 Å². The van der Waals surface area contributed by atoms with Gasteiger partial charge < -0.3 is 20.5 Å². The molecule has 1 aliphatic heterocycles. The minimum Gasteiger partial charge on any atom is -0.490 e. The smallest absolute Gasteiger partial charge is 0.120 e. The molecule has 1 atom stereocenters. The van der Waals surface area contributed by atoms with Crippen molar-refractivity contribution in [2.75, 3.05) is 26.2 Å². The first-order valence-electron chi connectivity index (χ1n) is 9.79. The molecule has 1 aliphatic rings. The van der Waals surface area contributed by atoms with Crippen LogP contribution in [0.5, 0.6) is 5.75 Å². The van der Waals surface area contributed by atoms with Crippen LogP contribution >= 0.6 is 0 Å². The molecule has 5 heteroatoms. The van der Waals surface area contributed by atoms with Gasteiger partial charge in [-0.15, -0.1) is 0 Å². The first kappa shape index (κ1) is 20.3. The van der Waals surface area contributed by atoms with E-state index in [0.29, 0.717) is 12.5 Å². The van der Waals surface area contributed by atoms with Crippen LogP contribution in [0.3, 0.4) is 0 Å². The highest BCUT2D eigenvalue weighted by molar-refractivity contribution is 5.70. The number of aliphatic hydroxyl groups excluding tert-OH is 1. The second kappa shape index (κ2) is 10.8. The van der Waals surface area contributed by atoms with Crippen LogP contribution < -0.4 is 15.4 Å². The minimum atomic E-state index is -0.00805. The molecule has 1 saturated heterocycles. The molecule has 3 rings (SSSR count). The Hall–Kier alpha value is -2.47. The second-order valence-corrected chi connectivity index (χ2v) is 7.12. The Balaban J connectivity index is 1.70. The Morgan fingerprint density at radius 2 is 2.04 bits per heavy atom. The molecule has 0 saturated carbocycles. The number of benzene rings is 1. The number of aromatic nitrogens is 1. The van der Waals surface area contributed by atoms with Crippen molar-refractivity contribution in [3.05, 3.63) is 71.6 Å². The largest absolute Gasteiger partial charge is 0.490 e. The zero-order chi connectivity index (χ0) is 19.6. The van der Waals surface area contributed by atoms with Gasteiger partial charge in [0, 0.05) is 18.9 Å². The third kappa shape index (κ3) is 6.30. The quantitative estimate of drug-likeness (QED) is 0.554. The molecule has 2 heterocycles. The number of pyridine rings is 1. The molecule has 0 spiro atoms. The molecule has 2 aromatic rings. The van der Waals surface area contributed by atoms with E-state index in [1.165, 1.54) is 12.0 Å². The van der Waals surface area contributed by atoms with Crippen molar-refractivity contribution >= 4 is 12.2 Å². The summed E-state index contributed by atoms with van der Waals surface area (Å²) >= 11 is 0. The van der Waals surface area contributed by atoms with Gasteiger partial charge in [-0.2, -0.15) is 0 Å². The number of hydrogen-bond acceptors (Lipinski definition) is 5. The van der Waals surface area contributed by atoms with E-state index in [9.17, 15) is 5.11 Å². The molecule has 1 aromatic carbocycles. The zero-order valence-electron chi connectivity index (χ0n) is 16.2. The van der Waals surface area contributed by atoms with Gasteiger partial charge >= 0.3 is 0 Å². The van der Waals surface area contributed by atoms with Crippen molar-refractivity contribution in [2.24, 2.45) is 5.92 Å². The summed E-state index contributed by atoms with van der Waals surface area (Å²) in [5.41, 5.74) is 4.01. The topological polar surface area (TPSA) is 66.4 Å². The fraction of sp³-hybridized carbons (Fsp3) is 0.348. The predicted octanol–water partition coefficient (Wildman–Crippen LogP) is 3.01. The van der Waals surface area contributed by atoms with Gasteiger partial charge in [-0.3, -0.25) is 4.98 Å². The molecule has 1 unspecified atom stereocenters. The van der Waals surface area contributed by atoms with E-state index >= 15 is 0 Å². The van der Waals surface area contributed by atoms with E-state index in [2.05, 4.69) is 34.3 Å². The summed E-state index contributed by atoms with van der Waals surface area (Å²) in [4.78, 5) is 4.16. The standard InChI is InChI=1S/C23H29N3O2/c1-2-7-28-23-10-18(3-4-19-9-22(17-27)16-25-12-19)8-21(11-23)15-26-14-20-5-6-24-13-20/h2-4,8-12,16,20,24,26-27H,1,5-7,13-15,17H2/b4-3+. The van der Waals surface area contributed by atoms with E-state index in [4.69, 9.17) is 4.74 Å². The number of rotatable bonds is 10. The normalized spacial score (nSPS) is 16.5. The summed E-state index contributed by atoms with van der Waals surface area (Å²) in [5.74, 6) is 1.55. The highest BCUT2D eigenvalue weighted by atomic mass is 16.5. The Morgan fingerprint density at radius 1 is 1.18 bits per heavy atom. The Bertz CT molecular complexity index is 798. The van der Waals surface area contributed by atoms with Crippen molar-refractivity contribution in [2.45, 2.75) is 19.6 Å². The van der Waals surface area contributed by atoms with Crippen molar-refractivity contribution in [3.8, 4) is 5.75 Å².